The molecular weight excluding hydrogens is 225 g/mol. The Kier molecular flexibility index (Phi) is 2.55. The van der Waals surface area contributed by atoms with Gasteiger partial charge in [0, 0.05) is 11.4 Å². The van der Waals surface area contributed by atoms with Crippen LogP contribution in [-0.2, 0) is 0 Å². The van der Waals surface area contributed by atoms with Crippen molar-refractivity contribution in [2.45, 2.75) is 6.92 Å². The second-order valence-corrected chi connectivity index (χ2v) is 3.60. The summed E-state index contributed by atoms with van der Waals surface area (Å²) in [6.07, 6.45) is 0. The second-order valence-electron chi connectivity index (χ2n) is 3.60. The molecule has 0 unspecified atom stereocenters. The number of nitrogens with zero attached hydrogens (tertiary/aromatic N) is 2. The number of aromatic nitrogens is 2. The van der Waals surface area contributed by atoms with Gasteiger partial charge in [0.2, 0.25) is 0 Å². The molecule has 2 aromatic rings. The van der Waals surface area contributed by atoms with Crippen molar-refractivity contribution in [3.05, 3.63) is 41.5 Å². The van der Waals surface area contributed by atoms with Crippen molar-refractivity contribution in [2.24, 2.45) is 0 Å². The SMILES string of the molecule is Cc1cc(C(=O)O)nn1-c1ccc(N)cc1F. The summed E-state index contributed by atoms with van der Waals surface area (Å²) in [6, 6.07) is 5.52. The predicted octanol–water partition coefficient (Wildman–Crippen LogP) is 1.60. The first-order valence-electron chi connectivity index (χ1n) is 4.84. The fraction of sp³-hybridized carbons (Fsp3) is 0.0909. The molecule has 5 nitrogen and oxygen atoms in total. The van der Waals surface area contributed by atoms with Crippen LogP contribution in [-0.4, -0.2) is 20.9 Å². The van der Waals surface area contributed by atoms with Gasteiger partial charge in [0.25, 0.3) is 0 Å². The highest BCUT2D eigenvalue weighted by Crippen LogP contribution is 2.18. The standard InChI is InChI=1S/C11H10FN3O2/c1-6-4-9(11(16)17)14-15(6)10-3-2-7(13)5-8(10)12/h2-5H,13H2,1H3,(H,16,17). The van der Waals surface area contributed by atoms with Gasteiger partial charge in [0.1, 0.15) is 5.69 Å². The van der Waals surface area contributed by atoms with Crippen molar-refractivity contribution in [3.63, 3.8) is 0 Å². The maximum atomic E-state index is 13.6. The summed E-state index contributed by atoms with van der Waals surface area (Å²) >= 11 is 0. The average Bonchev–Trinajstić information content (AvgIpc) is 2.61. The summed E-state index contributed by atoms with van der Waals surface area (Å²) in [4.78, 5) is 10.7. The maximum Gasteiger partial charge on any atom is 0.356 e. The third-order valence-corrected chi connectivity index (χ3v) is 2.31. The first-order valence-corrected chi connectivity index (χ1v) is 4.84. The van der Waals surface area contributed by atoms with Crippen LogP contribution >= 0.6 is 0 Å². The zero-order valence-electron chi connectivity index (χ0n) is 9.01. The van der Waals surface area contributed by atoms with Gasteiger partial charge in [-0.3, -0.25) is 0 Å². The van der Waals surface area contributed by atoms with E-state index in [1.54, 1.807) is 6.92 Å². The number of rotatable bonds is 2. The highest BCUT2D eigenvalue weighted by molar-refractivity contribution is 5.85. The molecule has 0 spiro atoms. The second kappa shape index (κ2) is 3.89. The molecule has 0 amide bonds. The van der Waals surface area contributed by atoms with Crippen LogP contribution in [0.2, 0.25) is 0 Å². The van der Waals surface area contributed by atoms with E-state index >= 15 is 0 Å². The van der Waals surface area contributed by atoms with E-state index in [9.17, 15) is 9.18 Å². The Bertz CT molecular complexity index is 592. The summed E-state index contributed by atoms with van der Waals surface area (Å²) in [5, 5.41) is 12.6. The number of nitrogen functional groups attached to an aromatic ring is 1. The first kappa shape index (κ1) is 11.1. The summed E-state index contributed by atoms with van der Waals surface area (Å²) in [5.74, 6) is -1.70. The molecule has 3 N–H and O–H groups in total. The van der Waals surface area contributed by atoms with Gasteiger partial charge in [-0.25, -0.2) is 13.9 Å². The lowest BCUT2D eigenvalue weighted by atomic mass is 10.2. The lowest BCUT2D eigenvalue weighted by molar-refractivity contribution is 0.0690. The topological polar surface area (TPSA) is 81.1 Å². The van der Waals surface area contributed by atoms with Gasteiger partial charge in [-0.2, -0.15) is 5.10 Å². The molecule has 0 aliphatic carbocycles. The van der Waals surface area contributed by atoms with Gasteiger partial charge in [-0.15, -0.1) is 0 Å². The van der Waals surface area contributed by atoms with Gasteiger partial charge in [-0.1, -0.05) is 0 Å². The third kappa shape index (κ3) is 1.96. The van der Waals surface area contributed by atoms with Crippen molar-refractivity contribution in [1.82, 2.24) is 9.78 Å². The average molecular weight is 235 g/mol. The Hall–Kier alpha value is -2.37. The number of benzene rings is 1. The fourth-order valence-corrected chi connectivity index (χ4v) is 1.52. The predicted molar refractivity (Wildman–Crippen MR) is 59.6 cm³/mol. The number of carboxylic acids is 1. The van der Waals surface area contributed by atoms with E-state index in [2.05, 4.69) is 5.10 Å². The number of aryl methyl sites for hydroxylation is 1. The molecule has 17 heavy (non-hydrogen) atoms. The number of aromatic carboxylic acids is 1. The van der Waals surface area contributed by atoms with Crippen molar-refractivity contribution in [1.29, 1.82) is 0 Å². The number of carboxylic acid groups (broad SMARTS) is 1. The Labute approximate surface area is 96.3 Å². The van der Waals surface area contributed by atoms with E-state index in [4.69, 9.17) is 10.8 Å². The molecule has 1 heterocycles. The largest absolute Gasteiger partial charge is 0.476 e. The molecule has 0 saturated carbocycles. The molecule has 1 aromatic heterocycles. The quantitative estimate of drug-likeness (QED) is 0.774. The van der Waals surface area contributed by atoms with E-state index in [0.29, 0.717) is 11.4 Å². The van der Waals surface area contributed by atoms with E-state index in [-0.39, 0.29) is 11.4 Å². The Balaban J connectivity index is 2.56. The molecule has 6 heteroatoms. The van der Waals surface area contributed by atoms with Crippen molar-refractivity contribution in [2.75, 3.05) is 5.73 Å². The van der Waals surface area contributed by atoms with Crippen molar-refractivity contribution >= 4 is 11.7 Å². The molecule has 88 valence electrons. The molecule has 0 saturated heterocycles. The van der Waals surface area contributed by atoms with Crippen LogP contribution in [0.4, 0.5) is 10.1 Å². The van der Waals surface area contributed by atoms with Gasteiger partial charge >= 0.3 is 5.97 Å². The molecule has 2 rings (SSSR count). The van der Waals surface area contributed by atoms with Crippen LogP contribution in [0.1, 0.15) is 16.2 Å². The Morgan fingerprint density at radius 2 is 2.18 bits per heavy atom. The van der Waals surface area contributed by atoms with Gasteiger partial charge < -0.3 is 10.8 Å². The molecule has 0 aliphatic heterocycles. The maximum absolute atomic E-state index is 13.6. The number of halogens is 1. The monoisotopic (exact) mass is 235 g/mol. The molecule has 0 atom stereocenters. The van der Waals surface area contributed by atoms with Gasteiger partial charge in [0.05, 0.1) is 0 Å². The van der Waals surface area contributed by atoms with E-state index < -0.39 is 11.8 Å². The number of hydrogen-bond acceptors (Lipinski definition) is 3. The number of anilines is 1. The zero-order valence-corrected chi connectivity index (χ0v) is 9.01. The highest BCUT2D eigenvalue weighted by atomic mass is 19.1. The minimum atomic E-state index is -1.15. The molecule has 0 bridgehead atoms. The normalized spacial score (nSPS) is 10.5. The van der Waals surface area contributed by atoms with Crippen LogP contribution in [0.15, 0.2) is 24.3 Å². The lowest BCUT2D eigenvalue weighted by Gasteiger charge is -2.05. The molecule has 0 fully saturated rings. The minimum Gasteiger partial charge on any atom is -0.476 e. The molecule has 0 aliphatic rings. The van der Waals surface area contributed by atoms with Crippen molar-refractivity contribution < 1.29 is 14.3 Å². The van der Waals surface area contributed by atoms with E-state index in [1.165, 1.54) is 22.9 Å². The van der Waals surface area contributed by atoms with Crippen LogP contribution < -0.4 is 5.73 Å². The zero-order chi connectivity index (χ0) is 12.6. The van der Waals surface area contributed by atoms with E-state index in [1.807, 2.05) is 0 Å². The lowest BCUT2D eigenvalue weighted by Crippen LogP contribution is -2.04. The minimum absolute atomic E-state index is 0.126. The third-order valence-electron chi connectivity index (χ3n) is 2.31. The number of hydrogen-bond donors (Lipinski definition) is 2. The molecular formula is C11H10FN3O2. The summed E-state index contributed by atoms with van der Waals surface area (Å²) < 4.78 is 14.9. The number of nitrogens with two attached hydrogens (primary N) is 1. The van der Waals surface area contributed by atoms with Crippen LogP contribution in [0.3, 0.4) is 0 Å². The Morgan fingerprint density at radius 1 is 1.47 bits per heavy atom. The summed E-state index contributed by atoms with van der Waals surface area (Å²) in [7, 11) is 0. The van der Waals surface area contributed by atoms with Crippen LogP contribution in [0.5, 0.6) is 0 Å². The summed E-state index contributed by atoms with van der Waals surface area (Å²) in [6.45, 7) is 1.65. The molecule has 1 aromatic carbocycles. The first-order chi connectivity index (χ1) is 7.99. The van der Waals surface area contributed by atoms with Gasteiger partial charge in [-0.05, 0) is 31.2 Å². The van der Waals surface area contributed by atoms with Crippen LogP contribution in [0.25, 0.3) is 5.69 Å². The van der Waals surface area contributed by atoms with Crippen LogP contribution in [0, 0.1) is 12.7 Å². The van der Waals surface area contributed by atoms with Gasteiger partial charge in [0.15, 0.2) is 11.5 Å². The Morgan fingerprint density at radius 3 is 2.71 bits per heavy atom. The highest BCUT2D eigenvalue weighted by Gasteiger charge is 2.14. The fourth-order valence-electron chi connectivity index (χ4n) is 1.52. The number of carbonyl (C=O) groups is 1. The smallest absolute Gasteiger partial charge is 0.356 e. The van der Waals surface area contributed by atoms with E-state index in [0.717, 1.165) is 6.07 Å². The molecule has 0 radical (unpaired) electrons. The summed E-state index contributed by atoms with van der Waals surface area (Å²) in [5.41, 5.74) is 6.31. The van der Waals surface area contributed by atoms with Crippen molar-refractivity contribution in [3.8, 4) is 5.69 Å².